The fraction of sp³-hybridized carbons (Fsp3) is 0.455. The van der Waals surface area contributed by atoms with Crippen LogP contribution in [0.1, 0.15) is 49.7 Å². The van der Waals surface area contributed by atoms with Gasteiger partial charge in [0.05, 0.1) is 12.7 Å². The summed E-state index contributed by atoms with van der Waals surface area (Å²) in [6, 6.07) is 14.2. The molecule has 0 aliphatic heterocycles. The van der Waals surface area contributed by atoms with Gasteiger partial charge in [0, 0.05) is 31.8 Å². The number of nitriles is 1. The molecule has 2 aromatic rings. The molecule has 5 heteroatoms. The highest BCUT2D eigenvalue weighted by atomic mass is 16.5. The van der Waals surface area contributed by atoms with E-state index in [4.69, 9.17) is 14.7 Å². The van der Waals surface area contributed by atoms with Gasteiger partial charge in [-0.15, -0.1) is 0 Å². The number of unbranched alkanes of at least 4 members (excludes halogenated alkanes) is 1. The maximum absolute atomic E-state index is 8.56. The van der Waals surface area contributed by atoms with Gasteiger partial charge in [-0.25, -0.2) is 4.98 Å². The zero-order chi connectivity index (χ0) is 18.7. The molecule has 0 unspecified atom stereocenters. The van der Waals surface area contributed by atoms with Crippen molar-refractivity contribution in [3.63, 3.8) is 0 Å². The molecule has 1 aromatic carbocycles. The summed E-state index contributed by atoms with van der Waals surface area (Å²) in [5, 5.41) is 12.0. The molecule has 1 N–H and O–H groups in total. The summed E-state index contributed by atoms with van der Waals surface area (Å²) >= 11 is 0. The maximum Gasteiger partial charge on any atom is 0.213 e. The van der Waals surface area contributed by atoms with Crippen LogP contribution in [0.4, 0.5) is 0 Å². The molecule has 0 amide bonds. The first-order valence-electron chi connectivity index (χ1n) is 9.74. The minimum atomic E-state index is 0.330. The zero-order valence-corrected chi connectivity index (χ0v) is 15.7. The number of rotatable bonds is 10. The van der Waals surface area contributed by atoms with E-state index < -0.39 is 0 Å². The average molecular weight is 365 g/mol. The van der Waals surface area contributed by atoms with Crippen LogP contribution in [-0.2, 0) is 13.1 Å². The van der Waals surface area contributed by atoms with Crippen molar-refractivity contribution in [2.75, 3.05) is 6.61 Å². The van der Waals surface area contributed by atoms with Crippen LogP contribution in [0.5, 0.6) is 11.6 Å². The van der Waals surface area contributed by atoms with Crippen molar-refractivity contribution in [2.24, 2.45) is 0 Å². The molecule has 1 aliphatic carbocycles. The Balaban J connectivity index is 1.44. The van der Waals surface area contributed by atoms with Crippen molar-refractivity contribution in [1.82, 2.24) is 10.3 Å². The van der Waals surface area contributed by atoms with E-state index in [1.54, 1.807) is 0 Å². The summed E-state index contributed by atoms with van der Waals surface area (Å²) in [6.45, 7) is 2.10. The summed E-state index contributed by atoms with van der Waals surface area (Å²) in [5.74, 6) is 1.58. The summed E-state index contributed by atoms with van der Waals surface area (Å²) < 4.78 is 11.7. The molecule has 0 bridgehead atoms. The van der Waals surface area contributed by atoms with Gasteiger partial charge in [-0.05, 0) is 61.4 Å². The lowest BCUT2D eigenvalue weighted by Gasteiger charge is -2.13. The standard InChI is InChI=1S/C22H27N3O2/c23-11-3-4-13-26-21-9-5-6-18(14-21)16-24-17-19-10-12-25-22(15-19)27-20-7-1-2-8-20/h5-6,9-10,12,14-15,20,24H,1-4,7-8,13,16-17H2. The topological polar surface area (TPSA) is 67.2 Å². The number of nitrogens with zero attached hydrogens (tertiary/aromatic N) is 2. The first kappa shape index (κ1) is 19.2. The molecule has 3 rings (SSSR count). The fourth-order valence-corrected chi connectivity index (χ4v) is 3.24. The molecule has 142 valence electrons. The van der Waals surface area contributed by atoms with Crippen LogP contribution in [0.15, 0.2) is 42.6 Å². The minimum Gasteiger partial charge on any atom is -0.494 e. The van der Waals surface area contributed by atoms with E-state index in [0.717, 1.165) is 44.0 Å². The molecular formula is C22H27N3O2. The lowest BCUT2D eigenvalue weighted by Crippen LogP contribution is -2.14. The second-order valence-electron chi connectivity index (χ2n) is 6.89. The largest absolute Gasteiger partial charge is 0.494 e. The Hall–Kier alpha value is -2.58. The van der Waals surface area contributed by atoms with Crippen molar-refractivity contribution < 1.29 is 9.47 Å². The van der Waals surface area contributed by atoms with Crippen molar-refractivity contribution in [1.29, 1.82) is 5.26 Å². The summed E-state index contributed by atoms with van der Waals surface area (Å²) in [5.41, 5.74) is 2.34. The highest BCUT2D eigenvalue weighted by Gasteiger charge is 2.16. The number of ether oxygens (including phenoxy) is 2. The molecule has 1 aromatic heterocycles. The SMILES string of the molecule is N#CCCCOc1cccc(CNCc2ccnc(OC3CCCC3)c2)c1. The van der Waals surface area contributed by atoms with Gasteiger partial charge in [0.15, 0.2) is 0 Å². The maximum atomic E-state index is 8.56. The van der Waals surface area contributed by atoms with E-state index in [1.165, 1.54) is 24.0 Å². The Morgan fingerprint density at radius 1 is 1.11 bits per heavy atom. The Labute approximate surface area is 161 Å². The second kappa shape index (κ2) is 10.5. The third-order valence-electron chi connectivity index (χ3n) is 4.65. The van der Waals surface area contributed by atoms with Gasteiger partial charge in [0.2, 0.25) is 5.88 Å². The predicted octanol–water partition coefficient (Wildman–Crippen LogP) is 4.38. The van der Waals surface area contributed by atoms with Crippen LogP contribution in [0.3, 0.4) is 0 Å². The van der Waals surface area contributed by atoms with E-state index >= 15 is 0 Å². The molecule has 27 heavy (non-hydrogen) atoms. The third kappa shape index (κ3) is 6.58. The van der Waals surface area contributed by atoms with Crippen LogP contribution < -0.4 is 14.8 Å². The Kier molecular flexibility index (Phi) is 7.49. The number of aromatic nitrogens is 1. The van der Waals surface area contributed by atoms with E-state index in [1.807, 2.05) is 36.5 Å². The third-order valence-corrected chi connectivity index (χ3v) is 4.65. The fourth-order valence-electron chi connectivity index (χ4n) is 3.24. The second-order valence-corrected chi connectivity index (χ2v) is 6.89. The van der Waals surface area contributed by atoms with E-state index in [0.29, 0.717) is 19.1 Å². The van der Waals surface area contributed by atoms with Crippen molar-refractivity contribution in [3.05, 3.63) is 53.7 Å². The van der Waals surface area contributed by atoms with Crippen molar-refractivity contribution >= 4 is 0 Å². The Morgan fingerprint density at radius 2 is 1.93 bits per heavy atom. The Morgan fingerprint density at radius 3 is 2.74 bits per heavy atom. The summed E-state index contributed by atoms with van der Waals surface area (Å²) in [7, 11) is 0. The first-order chi connectivity index (χ1) is 13.3. The molecule has 0 atom stereocenters. The van der Waals surface area contributed by atoms with Gasteiger partial charge < -0.3 is 14.8 Å². The summed E-state index contributed by atoms with van der Waals surface area (Å²) in [4.78, 5) is 4.34. The number of benzene rings is 1. The van der Waals surface area contributed by atoms with Crippen LogP contribution >= 0.6 is 0 Å². The van der Waals surface area contributed by atoms with E-state index in [9.17, 15) is 0 Å². The molecule has 1 heterocycles. The number of hydrogen-bond donors (Lipinski definition) is 1. The molecule has 1 saturated carbocycles. The molecule has 0 saturated heterocycles. The van der Waals surface area contributed by atoms with Crippen LogP contribution in [0, 0.1) is 11.3 Å². The number of nitrogens with one attached hydrogen (secondary N) is 1. The quantitative estimate of drug-likeness (QED) is 0.633. The van der Waals surface area contributed by atoms with E-state index in [-0.39, 0.29) is 0 Å². The van der Waals surface area contributed by atoms with Crippen LogP contribution in [-0.4, -0.2) is 17.7 Å². The van der Waals surface area contributed by atoms with Crippen molar-refractivity contribution in [2.45, 2.75) is 57.7 Å². The minimum absolute atomic E-state index is 0.330. The lowest BCUT2D eigenvalue weighted by molar-refractivity contribution is 0.201. The number of pyridine rings is 1. The van der Waals surface area contributed by atoms with Gasteiger partial charge in [-0.1, -0.05) is 12.1 Å². The highest BCUT2D eigenvalue weighted by Crippen LogP contribution is 2.23. The van der Waals surface area contributed by atoms with Gasteiger partial charge in [-0.3, -0.25) is 0 Å². The summed E-state index contributed by atoms with van der Waals surface area (Å²) in [6.07, 6.45) is 8.22. The molecule has 5 nitrogen and oxygen atoms in total. The molecule has 1 aliphatic rings. The monoisotopic (exact) mass is 365 g/mol. The van der Waals surface area contributed by atoms with Gasteiger partial charge >= 0.3 is 0 Å². The predicted molar refractivity (Wildman–Crippen MR) is 104 cm³/mol. The number of hydrogen-bond acceptors (Lipinski definition) is 5. The highest BCUT2D eigenvalue weighted by molar-refractivity contribution is 5.28. The smallest absolute Gasteiger partial charge is 0.213 e. The van der Waals surface area contributed by atoms with Crippen molar-refractivity contribution in [3.8, 4) is 17.7 Å². The first-order valence-corrected chi connectivity index (χ1v) is 9.74. The molecular weight excluding hydrogens is 338 g/mol. The lowest BCUT2D eigenvalue weighted by atomic mass is 10.2. The van der Waals surface area contributed by atoms with Gasteiger partial charge in [-0.2, -0.15) is 5.26 Å². The van der Waals surface area contributed by atoms with Gasteiger partial charge in [0.25, 0.3) is 0 Å². The van der Waals surface area contributed by atoms with Crippen LogP contribution in [0.2, 0.25) is 0 Å². The average Bonchev–Trinajstić information content (AvgIpc) is 3.19. The van der Waals surface area contributed by atoms with E-state index in [2.05, 4.69) is 22.4 Å². The molecule has 0 spiro atoms. The molecule has 0 radical (unpaired) electrons. The van der Waals surface area contributed by atoms with Gasteiger partial charge in [0.1, 0.15) is 11.9 Å². The molecule has 1 fully saturated rings. The zero-order valence-electron chi connectivity index (χ0n) is 15.7. The van der Waals surface area contributed by atoms with Crippen LogP contribution in [0.25, 0.3) is 0 Å². The normalized spacial score (nSPS) is 14.0. The Bertz CT molecular complexity index is 751.